The van der Waals surface area contributed by atoms with Crippen LogP contribution in [-0.4, -0.2) is 53.7 Å². The first-order valence-electron chi connectivity index (χ1n) is 10.0. The Hall–Kier alpha value is -3.03. The second-order valence-electron chi connectivity index (χ2n) is 8.23. The summed E-state index contributed by atoms with van der Waals surface area (Å²) in [7, 11) is 0. The highest BCUT2D eigenvalue weighted by Gasteiger charge is 2.95. The number of benzene rings is 1. The minimum Gasteiger partial charge on any atom is -0.426 e. The van der Waals surface area contributed by atoms with E-state index in [1.807, 2.05) is 0 Å². The lowest BCUT2D eigenvalue weighted by atomic mass is 9.86. The summed E-state index contributed by atoms with van der Waals surface area (Å²) in [5.74, 6) is -63.8. The molecular formula is C20H13F17O4. The molecule has 0 fully saturated rings. The lowest BCUT2D eigenvalue weighted by molar-refractivity contribution is -0.462. The van der Waals surface area contributed by atoms with Crippen LogP contribution in [0.1, 0.15) is 30.5 Å². The summed E-state index contributed by atoms with van der Waals surface area (Å²) in [6.07, 6.45) is -7.87. The van der Waals surface area contributed by atoms with Gasteiger partial charge in [0.15, 0.2) is 0 Å². The first-order valence-corrected chi connectivity index (χ1v) is 10.0. The van der Waals surface area contributed by atoms with Crippen molar-refractivity contribution in [2.45, 2.75) is 75.3 Å². The Labute approximate surface area is 216 Å². The van der Waals surface area contributed by atoms with Crippen LogP contribution in [0.15, 0.2) is 6.07 Å². The van der Waals surface area contributed by atoms with Crippen LogP contribution in [0.2, 0.25) is 0 Å². The molecule has 0 heterocycles. The Bertz CT molecular complexity index is 1200. The zero-order chi connectivity index (χ0) is 33.2. The van der Waals surface area contributed by atoms with E-state index in [1.165, 1.54) is 0 Å². The van der Waals surface area contributed by atoms with E-state index in [2.05, 4.69) is 9.47 Å². The number of aryl methyl sites for hydroxylation is 1. The van der Waals surface area contributed by atoms with Crippen molar-refractivity contribution < 1.29 is 93.7 Å². The average Bonchev–Trinajstić information content (AvgIpc) is 2.76. The van der Waals surface area contributed by atoms with Crippen LogP contribution in [0.25, 0.3) is 0 Å². The number of rotatable bonds is 9. The molecule has 1 aromatic carbocycles. The topological polar surface area (TPSA) is 52.6 Å². The van der Waals surface area contributed by atoms with Crippen LogP contribution in [0.4, 0.5) is 74.6 Å². The third-order valence-electron chi connectivity index (χ3n) is 5.20. The Balaban J connectivity index is 4.03. The molecule has 0 amide bonds. The van der Waals surface area contributed by atoms with Crippen molar-refractivity contribution >= 4 is 11.9 Å². The Morgan fingerprint density at radius 2 is 0.854 bits per heavy atom. The molecule has 1 aromatic rings. The van der Waals surface area contributed by atoms with E-state index in [1.54, 1.807) is 0 Å². The van der Waals surface area contributed by atoms with Crippen molar-refractivity contribution in [2.24, 2.45) is 0 Å². The van der Waals surface area contributed by atoms with Gasteiger partial charge in [-0.25, -0.2) is 0 Å². The Morgan fingerprint density at radius 3 is 1.20 bits per heavy atom. The molecule has 4 nitrogen and oxygen atoms in total. The predicted molar refractivity (Wildman–Crippen MR) is 98.2 cm³/mol. The van der Waals surface area contributed by atoms with Gasteiger partial charge in [-0.1, -0.05) is 0 Å². The van der Waals surface area contributed by atoms with E-state index in [0.29, 0.717) is 27.7 Å². The highest BCUT2D eigenvalue weighted by Crippen LogP contribution is 2.65. The molecule has 0 unspecified atom stereocenters. The van der Waals surface area contributed by atoms with Gasteiger partial charge in [0.25, 0.3) is 0 Å². The lowest BCUT2D eigenvalue weighted by Crippen LogP contribution is -2.74. The zero-order valence-electron chi connectivity index (χ0n) is 20.1. The largest absolute Gasteiger partial charge is 0.460 e. The minimum absolute atomic E-state index is 0.365. The van der Waals surface area contributed by atoms with Gasteiger partial charge in [0.2, 0.25) is 0 Å². The van der Waals surface area contributed by atoms with E-state index in [0.717, 1.165) is 0 Å². The molecule has 0 aliphatic heterocycles. The van der Waals surface area contributed by atoms with Gasteiger partial charge in [-0.05, 0) is 25.5 Å². The summed E-state index contributed by atoms with van der Waals surface area (Å²) in [4.78, 5) is 22.5. The number of hydrogen-bond donors (Lipinski definition) is 0. The molecule has 0 bridgehead atoms. The van der Waals surface area contributed by atoms with Gasteiger partial charge >= 0.3 is 59.6 Å². The summed E-state index contributed by atoms with van der Waals surface area (Å²) >= 11 is 0. The van der Waals surface area contributed by atoms with E-state index < -0.39 is 87.8 Å². The number of esters is 2. The van der Waals surface area contributed by atoms with Crippen molar-refractivity contribution in [3.63, 3.8) is 0 Å². The number of halogens is 17. The van der Waals surface area contributed by atoms with Crippen LogP contribution >= 0.6 is 0 Å². The third-order valence-corrected chi connectivity index (χ3v) is 5.20. The number of hydrogen-bond acceptors (Lipinski definition) is 4. The molecule has 0 aliphatic carbocycles. The molecule has 0 saturated carbocycles. The lowest BCUT2D eigenvalue weighted by Gasteiger charge is -2.43. The molecule has 0 N–H and O–H groups in total. The Kier molecular flexibility index (Phi) is 8.83. The summed E-state index contributed by atoms with van der Waals surface area (Å²) in [6, 6.07) is -0.365. The average molecular weight is 640 g/mol. The van der Waals surface area contributed by atoms with Crippen molar-refractivity contribution in [2.75, 3.05) is 0 Å². The highest BCUT2D eigenvalue weighted by atomic mass is 19.4. The maximum Gasteiger partial charge on any atom is 0.460 e. The summed E-state index contributed by atoms with van der Waals surface area (Å²) < 4.78 is 241. The SMILES string of the molecule is CC(=O)Oc1c(C)cc(C(F)(F)C(F)(F)C(F)(F)C(F)(F)C(F)(F)C(F)(F)C(F)(F)C(F)(F)F)c(OC(C)=O)c1C. The van der Waals surface area contributed by atoms with Crippen molar-refractivity contribution in [3.8, 4) is 11.5 Å². The smallest absolute Gasteiger partial charge is 0.426 e. The second kappa shape index (κ2) is 10.1. The van der Waals surface area contributed by atoms with Crippen LogP contribution in [0.5, 0.6) is 11.5 Å². The second-order valence-corrected chi connectivity index (χ2v) is 8.23. The fourth-order valence-corrected chi connectivity index (χ4v) is 3.09. The van der Waals surface area contributed by atoms with E-state index in [4.69, 9.17) is 0 Å². The normalized spacial score (nSPS) is 14.7. The monoisotopic (exact) mass is 640 g/mol. The molecule has 41 heavy (non-hydrogen) atoms. The van der Waals surface area contributed by atoms with Crippen LogP contribution in [0.3, 0.4) is 0 Å². The number of alkyl halides is 17. The molecule has 0 atom stereocenters. The fourth-order valence-electron chi connectivity index (χ4n) is 3.09. The molecule has 236 valence electrons. The van der Waals surface area contributed by atoms with Crippen molar-refractivity contribution in [1.29, 1.82) is 0 Å². The van der Waals surface area contributed by atoms with Crippen LogP contribution < -0.4 is 9.47 Å². The molecule has 21 heteroatoms. The molecule has 1 rings (SSSR count). The maximum absolute atomic E-state index is 14.9. The maximum atomic E-state index is 14.9. The number of ether oxygens (including phenoxy) is 2. The van der Waals surface area contributed by atoms with Gasteiger partial charge in [0.1, 0.15) is 11.5 Å². The van der Waals surface area contributed by atoms with Gasteiger partial charge in [0, 0.05) is 19.4 Å². The molecule has 0 saturated heterocycles. The van der Waals surface area contributed by atoms with Crippen molar-refractivity contribution in [1.82, 2.24) is 0 Å². The van der Waals surface area contributed by atoms with Crippen LogP contribution in [-0.2, 0) is 15.5 Å². The summed E-state index contributed by atoms with van der Waals surface area (Å²) in [5, 5.41) is 0. The molecule has 0 aromatic heterocycles. The molecular weight excluding hydrogens is 627 g/mol. The van der Waals surface area contributed by atoms with Gasteiger partial charge in [0.05, 0.1) is 5.56 Å². The first kappa shape index (κ1) is 36.0. The van der Waals surface area contributed by atoms with E-state index in [-0.39, 0.29) is 6.07 Å². The van der Waals surface area contributed by atoms with E-state index in [9.17, 15) is 84.2 Å². The van der Waals surface area contributed by atoms with Gasteiger partial charge in [-0.15, -0.1) is 0 Å². The minimum atomic E-state index is -8.79. The standard InChI is InChI=1S/C20H13F17O4/c1-6-5-10(12(41-9(4)39)7(2)11(6)40-8(3)38)13(21,22)14(23,24)15(25,26)16(27,28)17(29,30)18(31,32)19(33,34)20(35,36)37/h5H,1-4H3. The predicted octanol–water partition coefficient (Wildman–Crippen LogP) is 7.62. The third kappa shape index (κ3) is 5.12. The molecule has 0 radical (unpaired) electrons. The van der Waals surface area contributed by atoms with E-state index >= 15 is 0 Å². The van der Waals surface area contributed by atoms with Crippen LogP contribution in [0, 0.1) is 13.8 Å². The Morgan fingerprint density at radius 1 is 0.537 bits per heavy atom. The highest BCUT2D eigenvalue weighted by molar-refractivity contribution is 5.74. The summed E-state index contributed by atoms with van der Waals surface area (Å²) in [6.45, 7) is 2.22. The molecule has 0 spiro atoms. The number of carbonyl (C=O) groups is 2. The molecule has 0 aliphatic rings. The quantitative estimate of drug-likeness (QED) is 0.158. The van der Waals surface area contributed by atoms with Gasteiger partial charge in [-0.2, -0.15) is 74.6 Å². The van der Waals surface area contributed by atoms with Gasteiger partial charge in [-0.3, -0.25) is 9.59 Å². The van der Waals surface area contributed by atoms with Crippen molar-refractivity contribution in [3.05, 3.63) is 22.8 Å². The number of carbonyl (C=O) groups excluding carboxylic acids is 2. The zero-order valence-corrected chi connectivity index (χ0v) is 20.1. The first-order chi connectivity index (χ1) is 17.8. The summed E-state index contributed by atoms with van der Waals surface area (Å²) in [5.41, 5.74) is -4.68. The fraction of sp³-hybridized carbons (Fsp3) is 0.600. The van der Waals surface area contributed by atoms with Gasteiger partial charge < -0.3 is 9.47 Å².